The molecule has 1 aliphatic heterocycles. The van der Waals surface area contributed by atoms with Crippen LogP contribution in [0.2, 0.25) is 0 Å². The molecule has 0 bridgehead atoms. The molecule has 1 atom stereocenters. The first-order valence-corrected chi connectivity index (χ1v) is 8.15. The number of hydrogen-bond donors (Lipinski definition) is 2. The summed E-state index contributed by atoms with van der Waals surface area (Å²) in [5.74, 6) is -1.77. The molecule has 0 saturated carbocycles. The number of allylic oxidation sites excluding steroid dienone is 3. The monoisotopic (exact) mass is 345 g/mol. The number of benzene rings is 1. The third kappa shape index (κ3) is 2.71. The average Bonchev–Trinajstić information content (AvgIpc) is 3.04. The molecule has 26 heavy (non-hydrogen) atoms. The van der Waals surface area contributed by atoms with E-state index in [1.54, 1.807) is 30.4 Å². The lowest BCUT2D eigenvalue weighted by Gasteiger charge is -2.25. The second kappa shape index (κ2) is 6.07. The van der Waals surface area contributed by atoms with Gasteiger partial charge in [0.1, 0.15) is 0 Å². The van der Waals surface area contributed by atoms with Crippen LogP contribution < -0.4 is 5.32 Å². The van der Waals surface area contributed by atoms with E-state index in [0.717, 1.165) is 11.1 Å². The second-order valence-corrected chi connectivity index (χ2v) is 6.23. The molecule has 1 aromatic heterocycles. The van der Waals surface area contributed by atoms with Gasteiger partial charge in [-0.2, -0.15) is 0 Å². The van der Waals surface area contributed by atoms with Crippen LogP contribution in [0.15, 0.2) is 71.0 Å². The Morgan fingerprint density at radius 2 is 1.96 bits per heavy atom. The van der Waals surface area contributed by atoms with E-state index in [1.165, 1.54) is 6.20 Å². The number of aromatic amines is 1. The van der Waals surface area contributed by atoms with Gasteiger partial charge in [-0.05, 0) is 25.1 Å². The third-order valence-electron chi connectivity index (χ3n) is 4.47. The van der Waals surface area contributed by atoms with Crippen molar-refractivity contribution in [3.05, 3.63) is 71.6 Å². The molecule has 6 nitrogen and oxygen atoms in total. The zero-order chi connectivity index (χ0) is 18.3. The summed E-state index contributed by atoms with van der Waals surface area (Å²) < 4.78 is 0. The normalized spacial score (nSPS) is 20.4. The number of nitrogens with one attached hydrogen (secondary N) is 2. The first kappa shape index (κ1) is 16.0. The van der Waals surface area contributed by atoms with Crippen molar-refractivity contribution in [2.24, 2.45) is 10.9 Å². The summed E-state index contributed by atoms with van der Waals surface area (Å²) in [7, 11) is 0. The fraction of sp³-hybridized carbons (Fsp3) is 0.100. The number of carbonyl (C=O) groups excluding carboxylic acids is 3. The molecule has 0 fully saturated rings. The Balaban J connectivity index is 1.62. The second-order valence-electron chi connectivity index (χ2n) is 6.23. The lowest BCUT2D eigenvalue weighted by atomic mass is 9.89. The van der Waals surface area contributed by atoms with E-state index < -0.39 is 11.7 Å². The number of hydrogen-bond acceptors (Lipinski definition) is 3. The van der Waals surface area contributed by atoms with Crippen molar-refractivity contribution < 1.29 is 14.4 Å². The number of H-pyrrole nitrogens is 1. The summed E-state index contributed by atoms with van der Waals surface area (Å²) in [5, 5.41) is 3.43. The number of amides is 2. The highest BCUT2D eigenvalue weighted by Crippen LogP contribution is 2.26. The van der Waals surface area contributed by atoms with Gasteiger partial charge in [0.05, 0.1) is 11.3 Å². The summed E-state index contributed by atoms with van der Waals surface area (Å²) in [6, 6.07) is 7.26. The van der Waals surface area contributed by atoms with Gasteiger partial charge in [0.15, 0.2) is 0 Å². The maximum absolute atomic E-state index is 12.5. The van der Waals surface area contributed by atoms with Crippen molar-refractivity contribution in [2.75, 3.05) is 0 Å². The van der Waals surface area contributed by atoms with E-state index in [4.69, 9.17) is 0 Å². The minimum absolute atomic E-state index is 0.0360. The number of rotatable bonds is 2. The molecule has 2 amide bonds. The molecular weight excluding hydrogens is 330 g/mol. The van der Waals surface area contributed by atoms with Crippen LogP contribution in [0.25, 0.3) is 10.9 Å². The molecule has 0 radical (unpaired) electrons. The summed E-state index contributed by atoms with van der Waals surface area (Å²) in [4.78, 5) is 43.3. The van der Waals surface area contributed by atoms with Gasteiger partial charge >= 0.3 is 5.91 Å². The minimum Gasteiger partial charge on any atom is -0.360 e. The zero-order valence-electron chi connectivity index (χ0n) is 13.9. The van der Waals surface area contributed by atoms with Crippen molar-refractivity contribution in [1.29, 1.82) is 0 Å². The van der Waals surface area contributed by atoms with Crippen molar-refractivity contribution in [3.63, 3.8) is 0 Å². The smallest absolute Gasteiger partial charge is 0.318 e. The van der Waals surface area contributed by atoms with E-state index in [2.05, 4.69) is 15.3 Å². The number of ketones is 1. The van der Waals surface area contributed by atoms with E-state index in [9.17, 15) is 14.4 Å². The number of carbonyl (C=O) groups is 3. The number of Topliss-reactive ketones (excluding diaryl/α,β-unsaturated/α-hetero) is 1. The zero-order valence-corrected chi connectivity index (χ0v) is 13.9. The Bertz CT molecular complexity index is 1080. The predicted molar refractivity (Wildman–Crippen MR) is 97.7 cm³/mol. The summed E-state index contributed by atoms with van der Waals surface area (Å²) in [6.07, 6.45) is 8.22. The van der Waals surface area contributed by atoms with Crippen molar-refractivity contribution in [1.82, 2.24) is 10.3 Å². The first-order valence-electron chi connectivity index (χ1n) is 8.15. The Hall–Kier alpha value is -3.54. The largest absolute Gasteiger partial charge is 0.360 e. The van der Waals surface area contributed by atoms with Crippen molar-refractivity contribution >= 4 is 34.2 Å². The Morgan fingerprint density at radius 3 is 2.81 bits per heavy atom. The van der Waals surface area contributed by atoms with Gasteiger partial charge in [0, 0.05) is 34.8 Å². The molecule has 0 spiro atoms. The Kier molecular flexibility index (Phi) is 3.73. The van der Waals surface area contributed by atoms with E-state index in [1.807, 2.05) is 25.1 Å². The van der Waals surface area contributed by atoms with Crippen LogP contribution in [0.1, 0.15) is 17.3 Å². The summed E-state index contributed by atoms with van der Waals surface area (Å²) in [5.41, 5.74) is 2.99. The quantitative estimate of drug-likeness (QED) is 0.647. The maximum Gasteiger partial charge on any atom is 0.318 e. The first-order chi connectivity index (χ1) is 12.5. The highest BCUT2D eigenvalue weighted by Gasteiger charge is 2.25. The number of para-hydroxylation sites is 1. The molecule has 1 aromatic carbocycles. The summed E-state index contributed by atoms with van der Waals surface area (Å²) in [6.45, 7) is 1.87. The highest BCUT2D eigenvalue weighted by atomic mass is 16.2. The number of nitrogens with zero attached hydrogens (tertiary/aromatic N) is 1. The van der Waals surface area contributed by atoms with Gasteiger partial charge in [-0.25, -0.2) is 4.99 Å². The SMILES string of the molecule is CC1=CC(=O)NC2=CC(=NC(=O)C(=O)c3c[nH]c4ccccc34)C=CC12. The van der Waals surface area contributed by atoms with Gasteiger partial charge in [-0.3, -0.25) is 14.4 Å². The van der Waals surface area contributed by atoms with Crippen LogP contribution in [-0.2, 0) is 9.59 Å². The molecule has 2 N–H and O–H groups in total. The topological polar surface area (TPSA) is 91.4 Å². The minimum atomic E-state index is -0.848. The van der Waals surface area contributed by atoms with Gasteiger partial charge in [-0.15, -0.1) is 0 Å². The molecular formula is C20H15N3O3. The van der Waals surface area contributed by atoms with Crippen LogP contribution >= 0.6 is 0 Å². The standard InChI is InChI=1S/C20H15N3O3/c1-11-8-18(24)23-17-9-12(6-7-13(11)17)22-20(26)19(25)15-10-21-16-5-3-2-4-14(15)16/h2-10,13,21H,1H3,(H,23,24). The molecule has 2 aromatic rings. The third-order valence-corrected chi connectivity index (χ3v) is 4.47. The van der Waals surface area contributed by atoms with E-state index in [0.29, 0.717) is 22.4 Å². The summed E-state index contributed by atoms with van der Waals surface area (Å²) >= 11 is 0. The lowest BCUT2D eigenvalue weighted by Crippen LogP contribution is -2.32. The fourth-order valence-corrected chi connectivity index (χ4v) is 3.19. The molecule has 128 valence electrons. The maximum atomic E-state index is 12.5. The molecule has 4 rings (SSSR count). The number of aliphatic imine (C=N–C) groups is 1. The van der Waals surface area contributed by atoms with E-state index in [-0.39, 0.29) is 11.8 Å². The number of aromatic nitrogens is 1. The van der Waals surface area contributed by atoms with Crippen molar-refractivity contribution in [3.8, 4) is 0 Å². The Labute approximate surface area is 149 Å². The van der Waals surface area contributed by atoms with E-state index >= 15 is 0 Å². The predicted octanol–water partition coefficient (Wildman–Crippen LogP) is 2.46. The van der Waals surface area contributed by atoms with Gasteiger partial charge in [-0.1, -0.05) is 29.8 Å². The van der Waals surface area contributed by atoms with Crippen LogP contribution in [-0.4, -0.2) is 28.3 Å². The van der Waals surface area contributed by atoms with Gasteiger partial charge in [0.25, 0.3) is 5.78 Å². The molecule has 6 heteroatoms. The van der Waals surface area contributed by atoms with Gasteiger partial charge in [0.2, 0.25) is 5.91 Å². The molecule has 1 aliphatic carbocycles. The average molecular weight is 345 g/mol. The van der Waals surface area contributed by atoms with Crippen LogP contribution in [0.5, 0.6) is 0 Å². The molecule has 2 aliphatic rings. The number of fused-ring (bicyclic) bond motifs is 2. The lowest BCUT2D eigenvalue weighted by molar-refractivity contribution is -0.116. The van der Waals surface area contributed by atoms with Crippen LogP contribution in [0.3, 0.4) is 0 Å². The van der Waals surface area contributed by atoms with Crippen molar-refractivity contribution in [2.45, 2.75) is 6.92 Å². The van der Waals surface area contributed by atoms with Gasteiger partial charge < -0.3 is 10.3 Å². The van der Waals surface area contributed by atoms with Crippen LogP contribution in [0.4, 0.5) is 0 Å². The fourth-order valence-electron chi connectivity index (χ4n) is 3.19. The highest BCUT2D eigenvalue weighted by molar-refractivity contribution is 6.46. The molecule has 1 unspecified atom stereocenters. The molecule has 2 heterocycles. The molecule has 0 saturated heterocycles. The Morgan fingerprint density at radius 1 is 1.15 bits per heavy atom. The van der Waals surface area contributed by atoms with Crippen LogP contribution in [0, 0.1) is 5.92 Å².